The second-order valence-electron chi connectivity index (χ2n) is 2.97. The van der Waals surface area contributed by atoms with E-state index in [0.29, 0.717) is 6.07 Å². The van der Waals surface area contributed by atoms with Gasteiger partial charge >= 0.3 is 5.69 Å². The summed E-state index contributed by atoms with van der Waals surface area (Å²) in [6, 6.07) is 1.44. The molecule has 0 aliphatic heterocycles. The number of hydrogen-bond acceptors (Lipinski definition) is 6. The van der Waals surface area contributed by atoms with Gasteiger partial charge in [0.05, 0.1) is 4.92 Å². The first kappa shape index (κ1) is 10.9. The van der Waals surface area contributed by atoms with Crippen LogP contribution in [-0.4, -0.2) is 15.1 Å². The molecule has 0 fully saturated rings. The number of nitro benzene ring substituents is 1. The number of rotatable bonds is 2. The van der Waals surface area contributed by atoms with Gasteiger partial charge in [-0.2, -0.15) is 9.37 Å². The first-order chi connectivity index (χ1) is 8.00. The predicted molar refractivity (Wildman–Crippen MR) is 50.7 cm³/mol. The minimum Gasteiger partial charge on any atom is -0.365 e. The van der Waals surface area contributed by atoms with E-state index in [-0.39, 0.29) is 5.95 Å². The number of hydrogen-bond donors (Lipinski definition) is 1. The molecular formula is C8H4F2N4O3. The second-order valence-corrected chi connectivity index (χ2v) is 2.97. The van der Waals surface area contributed by atoms with Crippen LogP contribution in [0.4, 0.5) is 20.4 Å². The van der Waals surface area contributed by atoms with Crippen LogP contribution in [0.25, 0.3) is 11.5 Å². The summed E-state index contributed by atoms with van der Waals surface area (Å²) in [5.41, 5.74) is 3.45. The van der Waals surface area contributed by atoms with Crippen molar-refractivity contribution in [1.82, 2.24) is 10.1 Å². The highest BCUT2D eigenvalue weighted by atomic mass is 19.1. The second kappa shape index (κ2) is 3.77. The van der Waals surface area contributed by atoms with Gasteiger partial charge in [0.15, 0.2) is 0 Å². The molecule has 0 saturated heterocycles. The lowest BCUT2D eigenvalue weighted by molar-refractivity contribution is -0.387. The van der Waals surface area contributed by atoms with Crippen LogP contribution in [-0.2, 0) is 0 Å². The molecule has 0 aliphatic rings. The van der Waals surface area contributed by atoms with E-state index in [9.17, 15) is 18.9 Å². The Balaban J connectivity index is 2.68. The van der Waals surface area contributed by atoms with Gasteiger partial charge in [-0.1, -0.05) is 0 Å². The Morgan fingerprint density at radius 2 is 2.12 bits per heavy atom. The van der Waals surface area contributed by atoms with Crippen molar-refractivity contribution in [3.05, 3.63) is 33.9 Å². The number of nitrogens with two attached hydrogens (primary N) is 1. The fourth-order valence-corrected chi connectivity index (χ4v) is 1.21. The molecule has 0 spiro atoms. The predicted octanol–water partition coefficient (Wildman–Crippen LogP) is 1.51. The summed E-state index contributed by atoms with van der Waals surface area (Å²) in [6.07, 6.45) is 0. The van der Waals surface area contributed by atoms with Crippen LogP contribution in [0.1, 0.15) is 0 Å². The van der Waals surface area contributed by atoms with E-state index < -0.39 is 33.7 Å². The summed E-state index contributed by atoms with van der Waals surface area (Å²) >= 11 is 0. The van der Waals surface area contributed by atoms with Crippen molar-refractivity contribution in [2.45, 2.75) is 0 Å². The molecule has 0 aliphatic carbocycles. The highest BCUT2D eigenvalue weighted by Gasteiger charge is 2.26. The third-order valence-electron chi connectivity index (χ3n) is 1.92. The Hall–Kier alpha value is -2.58. The summed E-state index contributed by atoms with van der Waals surface area (Å²) in [7, 11) is 0. The monoisotopic (exact) mass is 242 g/mol. The molecule has 7 nitrogen and oxygen atoms in total. The first-order valence-electron chi connectivity index (χ1n) is 4.22. The molecule has 0 bridgehead atoms. The molecule has 0 atom stereocenters. The van der Waals surface area contributed by atoms with Gasteiger partial charge in [0, 0.05) is 6.07 Å². The highest BCUT2D eigenvalue weighted by molar-refractivity contribution is 5.60. The maximum atomic E-state index is 13.6. The van der Waals surface area contributed by atoms with Crippen LogP contribution in [0.5, 0.6) is 0 Å². The molecule has 0 unspecified atom stereocenters. The largest absolute Gasteiger partial charge is 0.365 e. The SMILES string of the molecule is Nc1noc(-c2c(F)ccc([N+](=O)[O-])c2F)n1. The first-order valence-corrected chi connectivity index (χ1v) is 4.22. The summed E-state index contributed by atoms with van der Waals surface area (Å²) in [6.45, 7) is 0. The standard InChI is InChI=1S/C8H4F2N4O3/c9-3-1-2-4(14(15)16)6(10)5(3)7-12-8(11)13-17-7/h1-2H,(H2,11,13). The van der Waals surface area contributed by atoms with Crippen molar-refractivity contribution < 1.29 is 18.2 Å². The maximum Gasteiger partial charge on any atom is 0.305 e. The van der Waals surface area contributed by atoms with Crippen LogP contribution < -0.4 is 5.73 Å². The van der Waals surface area contributed by atoms with Gasteiger partial charge in [0.1, 0.15) is 11.4 Å². The van der Waals surface area contributed by atoms with E-state index in [4.69, 9.17) is 5.73 Å². The van der Waals surface area contributed by atoms with E-state index in [0.717, 1.165) is 6.07 Å². The average Bonchev–Trinajstić information content (AvgIpc) is 2.64. The van der Waals surface area contributed by atoms with Crippen molar-refractivity contribution in [3.63, 3.8) is 0 Å². The number of nitrogen functional groups attached to an aromatic ring is 1. The maximum absolute atomic E-state index is 13.6. The topological polar surface area (TPSA) is 108 Å². The Kier molecular flexibility index (Phi) is 2.42. The zero-order valence-electron chi connectivity index (χ0n) is 8.05. The van der Waals surface area contributed by atoms with Gasteiger partial charge in [-0.05, 0) is 11.2 Å². The molecular weight excluding hydrogens is 238 g/mol. The summed E-state index contributed by atoms with van der Waals surface area (Å²) in [4.78, 5) is 12.9. The highest BCUT2D eigenvalue weighted by Crippen LogP contribution is 2.30. The van der Waals surface area contributed by atoms with E-state index >= 15 is 0 Å². The minimum atomic E-state index is -1.39. The van der Waals surface area contributed by atoms with Crippen LogP contribution >= 0.6 is 0 Å². The minimum absolute atomic E-state index is 0.328. The molecule has 2 N–H and O–H groups in total. The number of nitrogens with zero attached hydrogens (tertiary/aromatic N) is 3. The van der Waals surface area contributed by atoms with Gasteiger partial charge in [0.2, 0.25) is 5.82 Å². The Morgan fingerprint density at radius 1 is 1.41 bits per heavy atom. The normalized spacial score (nSPS) is 10.5. The summed E-state index contributed by atoms with van der Waals surface area (Å²) in [5.74, 6) is -3.33. The number of nitro groups is 1. The Labute approximate surface area is 92.0 Å². The third-order valence-corrected chi connectivity index (χ3v) is 1.92. The average molecular weight is 242 g/mol. The number of anilines is 1. The fourth-order valence-electron chi connectivity index (χ4n) is 1.21. The Morgan fingerprint density at radius 3 is 2.65 bits per heavy atom. The lowest BCUT2D eigenvalue weighted by Gasteiger charge is -2.00. The van der Waals surface area contributed by atoms with Gasteiger partial charge in [-0.15, -0.1) is 0 Å². The fraction of sp³-hybridized carbons (Fsp3) is 0. The molecule has 17 heavy (non-hydrogen) atoms. The van der Waals surface area contributed by atoms with E-state index in [1.807, 2.05) is 0 Å². The lowest BCUT2D eigenvalue weighted by Crippen LogP contribution is -1.98. The number of aromatic nitrogens is 2. The molecule has 0 amide bonds. The molecule has 9 heteroatoms. The zero-order chi connectivity index (χ0) is 12.6. The molecule has 1 aromatic carbocycles. The van der Waals surface area contributed by atoms with Crippen LogP contribution in [0.15, 0.2) is 16.7 Å². The van der Waals surface area contributed by atoms with Crippen LogP contribution in [0, 0.1) is 21.7 Å². The third kappa shape index (κ3) is 1.77. The summed E-state index contributed by atoms with van der Waals surface area (Å²) < 4.78 is 31.4. The number of halogens is 2. The molecule has 1 aromatic heterocycles. The van der Waals surface area contributed by atoms with Crippen LogP contribution in [0.2, 0.25) is 0 Å². The molecule has 0 radical (unpaired) electrons. The molecule has 2 aromatic rings. The Bertz CT molecular complexity index is 598. The van der Waals surface area contributed by atoms with Crippen molar-refractivity contribution in [1.29, 1.82) is 0 Å². The van der Waals surface area contributed by atoms with Gasteiger partial charge < -0.3 is 10.3 Å². The smallest absolute Gasteiger partial charge is 0.305 e. The van der Waals surface area contributed by atoms with E-state index in [1.54, 1.807) is 0 Å². The molecule has 2 rings (SSSR count). The van der Waals surface area contributed by atoms with Crippen molar-refractivity contribution >= 4 is 11.6 Å². The lowest BCUT2D eigenvalue weighted by atomic mass is 10.1. The van der Waals surface area contributed by atoms with Gasteiger partial charge in [-0.3, -0.25) is 10.1 Å². The molecule has 1 heterocycles. The van der Waals surface area contributed by atoms with Crippen LogP contribution in [0.3, 0.4) is 0 Å². The van der Waals surface area contributed by atoms with Crippen molar-refractivity contribution in [2.75, 3.05) is 5.73 Å². The van der Waals surface area contributed by atoms with E-state index in [2.05, 4.69) is 14.7 Å². The zero-order valence-corrected chi connectivity index (χ0v) is 8.05. The number of benzene rings is 1. The van der Waals surface area contributed by atoms with Gasteiger partial charge in [-0.25, -0.2) is 4.39 Å². The van der Waals surface area contributed by atoms with E-state index in [1.165, 1.54) is 0 Å². The summed E-state index contributed by atoms with van der Waals surface area (Å²) in [5, 5.41) is 13.6. The molecule has 0 saturated carbocycles. The van der Waals surface area contributed by atoms with Crippen molar-refractivity contribution in [2.24, 2.45) is 0 Å². The van der Waals surface area contributed by atoms with Gasteiger partial charge in [0.25, 0.3) is 11.8 Å². The van der Waals surface area contributed by atoms with Crippen molar-refractivity contribution in [3.8, 4) is 11.5 Å². The quantitative estimate of drug-likeness (QED) is 0.631. The molecule has 88 valence electrons.